The number of aryl methyl sites for hydroxylation is 1. The maximum absolute atomic E-state index is 12.7. The van der Waals surface area contributed by atoms with E-state index in [1.165, 1.54) is 0 Å². The molecule has 0 aliphatic rings. The van der Waals surface area contributed by atoms with Gasteiger partial charge in [-0.3, -0.25) is 9.89 Å². The molecule has 4 rings (SSSR count). The van der Waals surface area contributed by atoms with Crippen molar-refractivity contribution in [2.24, 2.45) is 0 Å². The fraction of sp³-hybridized carbons (Fsp3) is 0.105. The Morgan fingerprint density at radius 1 is 1.19 bits per heavy atom. The van der Waals surface area contributed by atoms with Crippen molar-refractivity contribution < 1.29 is 9.90 Å². The molecule has 0 aliphatic heterocycles. The lowest BCUT2D eigenvalue weighted by molar-refractivity contribution is 0.102. The molecule has 3 N–H and O–H groups in total. The molecule has 0 atom stereocenters. The van der Waals surface area contributed by atoms with E-state index in [9.17, 15) is 9.90 Å². The Morgan fingerprint density at radius 2 is 2.04 bits per heavy atom. The van der Waals surface area contributed by atoms with Gasteiger partial charge in [0.15, 0.2) is 5.82 Å². The van der Waals surface area contributed by atoms with Gasteiger partial charge in [0, 0.05) is 11.5 Å². The Hall–Kier alpha value is -3.61. The van der Waals surface area contributed by atoms with Gasteiger partial charge in [-0.2, -0.15) is 10.2 Å². The zero-order valence-corrected chi connectivity index (χ0v) is 14.3. The summed E-state index contributed by atoms with van der Waals surface area (Å²) in [5, 5.41) is 24.3. The molecule has 7 nitrogen and oxygen atoms in total. The van der Waals surface area contributed by atoms with E-state index >= 15 is 0 Å². The number of phenolic OH excluding ortho intramolecular Hbond substituents is 1. The zero-order chi connectivity index (χ0) is 18.3. The summed E-state index contributed by atoms with van der Waals surface area (Å²) in [6.45, 7) is 3.86. The molecule has 4 aromatic rings. The van der Waals surface area contributed by atoms with E-state index < -0.39 is 0 Å². The molecule has 0 aliphatic carbocycles. The number of carbonyl (C=O) groups is 1. The van der Waals surface area contributed by atoms with Crippen LogP contribution in [-0.2, 0) is 0 Å². The largest absolute Gasteiger partial charge is 0.508 e. The predicted molar refractivity (Wildman–Crippen MR) is 98.7 cm³/mol. The molecule has 0 fully saturated rings. The molecular formula is C19H17N5O2. The standard InChI is InChI=1S/C19H17N5O2/c1-11-4-3-5-13(8-11)24-12(2)16(10-20-24)19(26)21-18-15-7-6-14(25)9-17(15)22-23-18/h3-10,25H,1-2H3,(H2,21,22,23,26). The lowest BCUT2D eigenvalue weighted by Crippen LogP contribution is -2.13. The highest BCUT2D eigenvalue weighted by Gasteiger charge is 2.17. The summed E-state index contributed by atoms with van der Waals surface area (Å²) in [4.78, 5) is 12.7. The van der Waals surface area contributed by atoms with E-state index in [2.05, 4.69) is 20.6 Å². The van der Waals surface area contributed by atoms with Crippen LogP contribution in [0.2, 0.25) is 0 Å². The molecule has 2 aromatic heterocycles. The molecule has 2 aromatic carbocycles. The van der Waals surface area contributed by atoms with Gasteiger partial charge < -0.3 is 10.4 Å². The molecule has 26 heavy (non-hydrogen) atoms. The van der Waals surface area contributed by atoms with E-state index in [0.29, 0.717) is 16.9 Å². The number of aromatic hydroxyl groups is 1. The van der Waals surface area contributed by atoms with Crippen LogP contribution in [0, 0.1) is 13.8 Å². The van der Waals surface area contributed by atoms with Crippen molar-refractivity contribution >= 4 is 22.6 Å². The third-order valence-corrected chi connectivity index (χ3v) is 4.28. The molecule has 1 amide bonds. The van der Waals surface area contributed by atoms with Crippen LogP contribution in [0.4, 0.5) is 5.82 Å². The smallest absolute Gasteiger partial charge is 0.260 e. The number of hydrogen-bond acceptors (Lipinski definition) is 4. The Morgan fingerprint density at radius 3 is 2.85 bits per heavy atom. The zero-order valence-electron chi connectivity index (χ0n) is 14.3. The van der Waals surface area contributed by atoms with Crippen molar-refractivity contribution in [3.8, 4) is 11.4 Å². The number of benzene rings is 2. The normalized spacial score (nSPS) is 11.0. The molecule has 7 heteroatoms. The molecule has 0 saturated heterocycles. The van der Waals surface area contributed by atoms with Gasteiger partial charge in [0.05, 0.1) is 28.7 Å². The van der Waals surface area contributed by atoms with E-state index in [4.69, 9.17) is 0 Å². The molecule has 130 valence electrons. The highest BCUT2D eigenvalue weighted by atomic mass is 16.3. The van der Waals surface area contributed by atoms with E-state index in [1.54, 1.807) is 29.1 Å². The van der Waals surface area contributed by atoms with Gasteiger partial charge in [-0.05, 0) is 43.7 Å². The monoisotopic (exact) mass is 347 g/mol. The van der Waals surface area contributed by atoms with Crippen molar-refractivity contribution in [1.82, 2.24) is 20.0 Å². The number of fused-ring (bicyclic) bond motifs is 1. The van der Waals surface area contributed by atoms with E-state index in [-0.39, 0.29) is 11.7 Å². The second-order valence-corrected chi connectivity index (χ2v) is 6.15. The number of anilines is 1. The minimum Gasteiger partial charge on any atom is -0.508 e. The van der Waals surface area contributed by atoms with Gasteiger partial charge in [0.1, 0.15) is 5.75 Å². The summed E-state index contributed by atoms with van der Waals surface area (Å²) >= 11 is 0. The summed E-state index contributed by atoms with van der Waals surface area (Å²) in [6.07, 6.45) is 1.55. The molecule has 0 bridgehead atoms. The molecule has 0 radical (unpaired) electrons. The fourth-order valence-corrected chi connectivity index (χ4v) is 2.93. The summed E-state index contributed by atoms with van der Waals surface area (Å²) in [7, 11) is 0. The highest BCUT2D eigenvalue weighted by molar-refractivity contribution is 6.08. The molecule has 2 heterocycles. The van der Waals surface area contributed by atoms with Crippen LogP contribution < -0.4 is 5.32 Å². The number of amides is 1. The molecule has 0 unspecified atom stereocenters. The van der Waals surface area contributed by atoms with E-state index in [0.717, 1.165) is 22.3 Å². The summed E-state index contributed by atoms with van der Waals surface area (Å²) in [5.74, 6) is 0.255. The fourth-order valence-electron chi connectivity index (χ4n) is 2.93. The Kier molecular flexibility index (Phi) is 3.69. The first-order chi connectivity index (χ1) is 12.5. The molecule has 0 saturated carbocycles. The highest BCUT2D eigenvalue weighted by Crippen LogP contribution is 2.25. The maximum atomic E-state index is 12.7. The lowest BCUT2D eigenvalue weighted by Gasteiger charge is -2.06. The van der Waals surface area contributed by atoms with Gasteiger partial charge in [-0.25, -0.2) is 4.68 Å². The predicted octanol–water partition coefficient (Wildman–Crippen LogP) is 3.32. The Bertz CT molecular complexity index is 1130. The third-order valence-electron chi connectivity index (χ3n) is 4.28. The van der Waals surface area contributed by atoms with Crippen LogP contribution >= 0.6 is 0 Å². The Labute approximate surface area is 149 Å². The summed E-state index contributed by atoms with van der Waals surface area (Å²) in [6, 6.07) is 12.7. The van der Waals surface area contributed by atoms with Gasteiger partial charge in [-0.15, -0.1) is 0 Å². The average molecular weight is 347 g/mol. The number of nitrogens with one attached hydrogen (secondary N) is 2. The van der Waals surface area contributed by atoms with Gasteiger partial charge >= 0.3 is 0 Å². The van der Waals surface area contributed by atoms with Crippen molar-refractivity contribution in [3.05, 3.63) is 65.5 Å². The van der Waals surface area contributed by atoms with Crippen LogP contribution in [0.15, 0.2) is 48.7 Å². The SMILES string of the molecule is Cc1cccc(-n2ncc(C(=O)Nc3n[nH]c4cc(O)ccc34)c2C)c1. The molecular weight excluding hydrogens is 330 g/mol. The van der Waals surface area contributed by atoms with Crippen LogP contribution in [0.5, 0.6) is 5.75 Å². The number of hydrogen-bond donors (Lipinski definition) is 3. The van der Waals surface area contributed by atoms with Crippen molar-refractivity contribution in [3.63, 3.8) is 0 Å². The van der Waals surface area contributed by atoms with Crippen molar-refractivity contribution in [1.29, 1.82) is 0 Å². The first-order valence-corrected chi connectivity index (χ1v) is 8.13. The number of rotatable bonds is 3. The topological polar surface area (TPSA) is 95.8 Å². The second kappa shape index (κ2) is 6.03. The number of aromatic amines is 1. The van der Waals surface area contributed by atoms with Crippen LogP contribution in [0.1, 0.15) is 21.6 Å². The number of nitrogens with zero attached hydrogens (tertiary/aromatic N) is 3. The minimum atomic E-state index is -0.289. The van der Waals surface area contributed by atoms with Crippen molar-refractivity contribution in [2.75, 3.05) is 5.32 Å². The Balaban J connectivity index is 1.64. The van der Waals surface area contributed by atoms with Gasteiger partial charge in [-0.1, -0.05) is 12.1 Å². The summed E-state index contributed by atoms with van der Waals surface area (Å²) in [5.41, 5.74) is 3.89. The van der Waals surface area contributed by atoms with E-state index in [1.807, 2.05) is 38.1 Å². The second-order valence-electron chi connectivity index (χ2n) is 6.15. The lowest BCUT2D eigenvalue weighted by atomic mass is 10.2. The number of phenols is 1. The quantitative estimate of drug-likeness (QED) is 0.530. The first kappa shape index (κ1) is 15.9. The maximum Gasteiger partial charge on any atom is 0.260 e. The average Bonchev–Trinajstić information content (AvgIpc) is 3.18. The van der Waals surface area contributed by atoms with Crippen LogP contribution in [0.25, 0.3) is 16.6 Å². The van der Waals surface area contributed by atoms with Crippen molar-refractivity contribution in [2.45, 2.75) is 13.8 Å². The van der Waals surface area contributed by atoms with Crippen LogP contribution in [0.3, 0.4) is 0 Å². The molecule has 0 spiro atoms. The van der Waals surface area contributed by atoms with Crippen LogP contribution in [-0.4, -0.2) is 31.0 Å². The van der Waals surface area contributed by atoms with Gasteiger partial charge in [0.25, 0.3) is 5.91 Å². The third kappa shape index (κ3) is 2.69. The van der Waals surface area contributed by atoms with Gasteiger partial charge in [0.2, 0.25) is 0 Å². The number of H-pyrrole nitrogens is 1. The summed E-state index contributed by atoms with van der Waals surface area (Å²) < 4.78 is 1.74. The first-order valence-electron chi connectivity index (χ1n) is 8.13. The number of carbonyl (C=O) groups excluding carboxylic acids is 1. The number of aromatic nitrogens is 4. The minimum absolute atomic E-state index is 0.134.